The number of hydrogen-bond donors (Lipinski definition) is 2. The van der Waals surface area contributed by atoms with E-state index in [1.165, 1.54) is 5.69 Å². The van der Waals surface area contributed by atoms with Gasteiger partial charge in [-0.2, -0.15) is 0 Å². The van der Waals surface area contributed by atoms with Gasteiger partial charge in [-0.05, 0) is 26.3 Å². The monoisotopic (exact) mass is 224 g/mol. The fourth-order valence-corrected chi connectivity index (χ4v) is 1.55. The Balaban J connectivity index is 2.09. The highest BCUT2D eigenvalue weighted by molar-refractivity contribution is 5.73. The molecule has 3 N–H and O–H groups in total. The van der Waals surface area contributed by atoms with Crippen molar-refractivity contribution in [2.45, 2.75) is 39.3 Å². The summed E-state index contributed by atoms with van der Waals surface area (Å²) >= 11 is 0. The first kappa shape index (κ1) is 12.7. The first-order chi connectivity index (χ1) is 7.74. The van der Waals surface area contributed by atoms with Crippen molar-refractivity contribution in [2.75, 3.05) is 6.54 Å². The number of hydrogen-bond acceptors (Lipinski definition) is 3. The van der Waals surface area contributed by atoms with E-state index in [-0.39, 0.29) is 5.91 Å². The third-order valence-corrected chi connectivity index (χ3v) is 2.47. The molecule has 0 radical (unpaired) electrons. The third-order valence-electron chi connectivity index (χ3n) is 2.47. The Morgan fingerprint density at radius 2 is 2.38 bits per heavy atom. The third kappa shape index (κ3) is 4.44. The van der Waals surface area contributed by atoms with Crippen molar-refractivity contribution in [3.8, 4) is 0 Å². The highest BCUT2D eigenvalue weighted by atomic mass is 16.1. The second kappa shape index (κ2) is 7.00. The molecule has 90 valence electrons. The van der Waals surface area contributed by atoms with Crippen LogP contribution in [0.3, 0.4) is 0 Å². The molecule has 0 saturated heterocycles. The normalized spacial score (nSPS) is 10.6. The molecule has 0 bridgehead atoms. The molecule has 0 aliphatic carbocycles. The fourth-order valence-electron chi connectivity index (χ4n) is 1.55. The molecule has 0 spiro atoms. The van der Waals surface area contributed by atoms with Crippen LogP contribution in [-0.2, 0) is 17.9 Å². The molecule has 0 aliphatic heterocycles. The highest BCUT2D eigenvalue weighted by Crippen LogP contribution is 1.99. The molecule has 0 aliphatic rings. The quantitative estimate of drug-likeness (QED) is 0.637. The van der Waals surface area contributed by atoms with Crippen molar-refractivity contribution in [1.29, 1.82) is 0 Å². The average molecular weight is 224 g/mol. The Morgan fingerprint density at radius 3 is 3.06 bits per heavy atom. The van der Waals surface area contributed by atoms with Gasteiger partial charge >= 0.3 is 0 Å². The van der Waals surface area contributed by atoms with Crippen molar-refractivity contribution in [3.63, 3.8) is 0 Å². The Kier molecular flexibility index (Phi) is 5.56. The van der Waals surface area contributed by atoms with Gasteiger partial charge < -0.3 is 15.6 Å². The first-order valence-electron chi connectivity index (χ1n) is 5.72. The summed E-state index contributed by atoms with van der Waals surface area (Å²) in [7, 11) is 0. The van der Waals surface area contributed by atoms with E-state index >= 15 is 0 Å². The molecule has 0 unspecified atom stereocenters. The zero-order valence-corrected chi connectivity index (χ0v) is 9.78. The summed E-state index contributed by atoms with van der Waals surface area (Å²) in [5.74, 6) is -0.218. The van der Waals surface area contributed by atoms with Crippen molar-refractivity contribution in [2.24, 2.45) is 5.73 Å². The van der Waals surface area contributed by atoms with Crippen LogP contribution >= 0.6 is 0 Å². The van der Waals surface area contributed by atoms with Gasteiger partial charge in [-0.1, -0.05) is 0 Å². The second-order valence-corrected chi connectivity index (χ2v) is 3.77. The van der Waals surface area contributed by atoms with E-state index in [0.717, 1.165) is 32.5 Å². The SMILES string of the molecule is CCn1cncc1CNCCCCC(N)=O. The molecule has 1 rings (SSSR count). The van der Waals surface area contributed by atoms with Crippen LogP contribution in [0.25, 0.3) is 0 Å². The number of primary amides is 1. The number of imidazole rings is 1. The standard InChI is InChI=1S/C11H20N4O/c1-2-15-9-14-8-10(15)7-13-6-4-3-5-11(12)16/h8-9,13H,2-7H2,1H3,(H2,12,16). The maximum absolute atomic E-state index is 10.5. The number of aryl methyl sites for hydroxylation is 1. The van der Waals surface area contributed by atoms with Gasteiger partial charge in [0, 0.05) is 25.7 Å². The van der Waals surface area contributed by atoms with Gasteiger partial charge in [0.05, 0.1) is 12.0 Å². The van der Waals surface area contributed by atoms with E-state index < -0.39 is 0 Å². The predicted octanol–water partition coefficient (Wildman–Crippen LogP) is 0.648. The van der Waals surface area contributed by atoms with E-state index in [1.54, 1.807) is 0 Å². The van der Waals surface area contributed by atoms with Crippen molar-refractivity contribution in [3.05, 3.63) is 18.2 Å². The van der Waals surface area contributed by atoms with E-state index in [9.17, 15) is 4.79 Å². The summed E-state index contributed by atoms with van der Waals surface area (Å²) in [5.41, 5.74) is 6.24. The maximum Gasteiger partial charge on any atom is 0.217 e. The molecule has 5 heteroatoms. The van der Waals surface area contributed by atoms with Gasteiger partial charge in [0.1, 0.15) is 0 Å². The topological polar surface area (TPSA) is 72.9 Å². The van der Waals surface area contributed by atoms with Crippen LogP contribution in [0.4, 0.5) is 0 Å². The van der Waals surface area contributed by atoms with Gasteiger partial charge in [0.15, 0.2) is 0 Å². The summed E-state index contributed by atoms with van der Waals surface area (Å²) < 4.78 is 2.11. The van der Waals surface area contributed by atoms with Crippen molar-refractivity contribution >= 4 is 5.91 Å². The number of nitrogens with one attached hydrogen (secondary N) is 1. The van der Waals surface area contributed by atoms with Crippen LogP contribution in [0, 0.1) is 0 Å². The molecule has 1 aromatic heterocycles. The van der Waals surface area contributed by atoms with Crippen LogP contribution in [-0.4, -0.2) is 22.0 Å². The van der Waals surface area contributed by atoms with E-state index in [2.05, 4.69) is 21.8 Å². The molecule has 1 aromatic rings. The molecule has 0 atom stereocenters. The maximum atomic E-state index is 10.5. The number of aromatic nitrogens is 2. The van der Waals surface area contributed by atoms with Crippen LogP contribution in [0.1, 0.15) is 31.9 Å². The molecule has 0 fully saturated rings. The summed E-state index contributed by atoms with van der Waals surface area (Å²) in [6.45, 7) is 4.77. The molecular weight excluding hydrogens is 204 g/mol. The van der Waals surface area contributed by atoms with Crippen LogP contribution < -0.4 is 11.1 Å². The van der Waals surface area contributed by atoms with Gasteiger partial charge in [-0.3, -0.25) is 4.79 Å². The zero-order valence-electron chi connectivity index (χ0n) is 9.78. The minimum atomic E-state index is -0.218. The Morgan fingerprint density at radius 1 is 1.56 bits per heavy atom. The predicted molar refractivity (Wildman–Crippen MR) is 62.7 cm³/mol. The minimum Gasteiger partial charge on any atom is -0.370 e. The van der Waals surface area contributed by atoms with Gasteiger partial charge in [0.25, 0.3) is 0 Å². The number of carbonyl (C=O) groups is 1. The summed E-state index contributed by atoms with van der Waals surface area (Å²) in [4.78, 5) is 14.6. The fraction of sp³-hybridized carbons (Fsp3) is 0.636. The largest absolute Gasteiger partial charge is 0.370 e. The van der Waals surface area contributed by atoms with Crippen molar-refractivity contribution < 1.29 is 4.79 Å². The Labute approximate surface area is 96.0 Å². The molecule has 0 saturated carbocycles. The number of carbonyl (C=O) groups excluding carboxylic acids is 1. The molecule has 5 nitrogen and oxygen atoms in total. The average Bonchev–Trinajstić information content (AvgIpc) is 2.70. The molecule has 0 aromatic carbocycles. The summed E-state index contributed by atoms with van der Waals surface area (Å²) in [6.07, 6.45) is 6.02. The number of nitrogens with zero attached hydrogens (tertiary/aromatic N) is 2. The molecule has 16 heavy (non-hydrogen) atoms. The van der Waals surface area contributed by atoms with E-state index in [4.69, 9.17) is 5.73 Å². The number of amides is 1. The number of nitrogens with two attached hydrogens (primary N) is 1. The van der Waals surface area contributed by atoms with Gasteiger partial charge in [-0.15, -0.1) is 0 Å². The Bertz CT molecular complexity index is 322. The van der Waals surface area contributed by atoms with Crippen LogP contribution in [0.15, 0.2) is 12.5 Å². The second-order valence-electron chi connectivity index (χ2n) is 3.77. The molecular formula is C11H20N4O. The smallest absolute Gasteiger partial charge is 0.217 e. The van der Waals surface area contributed by atoms with E-state index in [0.29, 0.717) is 6.42 Å². The lowest BCUT2D eigenvalue weighted by molar-refractivity contribution is -0.118. The first-order valence-corrected chi connectivity index (χ1v) is 5.72. The van der Waals surface area contributed by atoms with E-state index in [1.807, 2.05) is 12.5 Å². The number of rotatable bonds is 8. The zero-order chi connectivity index (χ0) is 11.8. The van der Waals surface area contributed by atoms with Gasteiger partial charge in [-0.25, -0.2) is 4.98 Å². The van der Waals surface area contributed by atoms with Crippen LogP contribution in [0.2, 0.25) is 0 Å². The summed E-state index contributed by atoms with van der Waals surface area (Å²) in [5, 5.41) is 3.32. The lowest BCUT2D eigenvalue weighted by Crippen LogP contribution is -2.18. The summed E-state index contributed by atoms with van der Waals surface area (Å²) in [6, 6.07) is 0. The van der Waals surface area contributed by atoms with Gasteiger partial charge in [0.2, 0.25) is 5.91 Å². The lowest BCUT2D eigenvalue weighted by Gasteiger charge is -2.06. The molecule has 1 heterocycles. The molecule has 1 amide bonds. The van der Waals surface area contributed by atoms with Crippen molar-refractivity contribution in [1.82, 2.24) is 14.9 Å². The number of unbranched alkanes of at least 4 members (excludes halogenated alkanes) is 1. The lowest BCUT2D eigenvalue weighted by atomic mass is 10.2. The van der Waals surface area contributed by atoms with Crippen LogP contribution in [0.5, 0.6) is 0 Å². The highest BCUT2D eigenvalue weighted by Gasteiger charge is 1.99. The Hall–Kier alpha value is -1.36. The minimum absolute atomic E-state index is 0.218.